The van der Waals surface area contributed by atoms with Crippen LogP contribution in [0.15, 0.2) is 35.5 Å². The molecular formula is C15H25N3O2. The van der Waals surface area contributed by atoms with Crippen LogP contribution < -0.4 is 5.73 Å². The molecule has 0 bridgehead atoms. The van der Waals surface area contributed by atoms with E-state index in [2.05, 4.69) is 34.3 Å². The van der Waals surface area contributed by atoms with Crippen molar-refractivity contribution < 1.29 is 9.94 Å². The van der Waals surface area contributed by atoms with Crippen LogP contribution in [0.2, 0.25) is 0 Å². The Morgan fingerprint density at radius 2 is 2.00 bits per heavy atom. The molecule has 1 rings (SSSR count). The lowest BCUT2D eigenvalue weighted by Crippen LogP contribution is -2.32. The van der Waals surface area contributed by atoms with Gasteiger partial charge in [-0.25, -0.2) is 0 Å². The van der Waals surface area contributed by atoms with E-state index >= 15 is 0 Å². The highest BCUT2D eigenvalue weighted by molar-refractivity contribution is 5.79. The van der Waals surface area contributed by atoms with Crippen LogP contribution in [0, 0.1) is 0 Å². The van der Waals surface area contributed by atoms with Gasteiger partial charge in [0, 0.05) is 26.6 Å². The van der Waals surface area contributed by atoms with Crippen molar-refractivity contribution >= 4 is 5.84 Å². The number of rotatable bonds is 10. The largest absolute Gasteiger partial charge is 0.409 e. The number of aryl methyl sites for hydroxylation is 1. The third-order valence-electron chi connectivity index (χ3n) is 3.21. The molecule has 0 heterocycles. The molecule has 0 aromatic heterocycles. The molecule has 0 spiro atoms. The molecule has 0 saturated heterocycles. The fourth-order valence-corrected chi connectivity index (χ4v) is 2.03. The van der Waals surface area contributed by atoms with Gasteiger partial charge in [0.15, 0.2) is 0 Å². The fourth-order valence-electron chi connectivity index (χ4n) is 2.03. The summed E-state index contributed by atoms with van der Waals surface area (Å²) in [4.78, 5) is 2.28. The van der Waals surface area contributed by atoms with Crippen molar-refractivity contribution in [3.63, 3.8) is 0 Å². The second-order valence-corrected chi connectivity index (χ2v) is 4.76. The summed E-state index contributed by atoms with van der Waals surface area (Å²) in [6.07, 6.45) is 2.73. The standard InChI is InChI=1S/C15H25N3O2/c1-20-13-12-18(11-9-15(16)17-19)10-5-8-14-6-3-2-4-7-14/h2-4,6-7,19H,5,8-13H2,1H3,(H2,16,17). The number of methoxy groups -OCH3 is 1. The van der Waals surface area contributed by atoms with Gasteiger partial charge in [-0.3, -0.25) is 0 Å². The Balaban J connectivity index is 2.32. The average molecular weight is 279 g/mol. The van der Waals surface area contributed by atoms with E-state index in [1.165, 1.54) is 5.56 Å². The van der Waals surface area contributed by atoms with E-state index in [1.54, 1.807) is 7.11 Å². The molecule has 5 heteroatoms. The highest BCUT2D eigenvalue weighted by Crippen LogP contribution is 2.04. The van der Waals surface area contributed by atoms with Crippen molar-refractivity contribution in [2.75, 3.05) is 33.4 Å². The predicted octanol–water partition coefficient (Wildman–Crippen LogP) is 1.70. The van der Waals surface area contributed by atoms with Gasteiger partial charge in [0.2, 0.25) is 0 Å². The second kappa shape index (κ2) is 10.2. The quantitative estimate of drug-likeness (QED) is 0.296. The minimum atomic E-state index is 0.274. The first-order valence-electron chi connectivity index (χ1n) is 6.98. The number of hydrogen-bond donors (Lipinski definition) is 2. The number of benzene rings is 1. The monoisotopic (exact) mass is 279 g/mol. The Kier molecular flexibility index (Phi) is 8.42. The van der Waals surface area contributed by atoms with Crippen LogP contribution in [0.4, 0.5) is 0 Å². The van der Waals surface area contributed by atoms with Crippen LogP contribution in [-0.4, -0.2) is 49.3 Å². The molecule has 3 N–H and O–H groups in total. The molecule has 0 unspecified atom stereocenters. The SMILES string of the molecule is COCCN(CCCc1ccccc1)CCC(N)=NO. The molecule has 1 aromatic carbocycles. The molecule has 1 aromatic rings. The van der Waals surface area contributed by atoms with Gasteiger partial charge in [0.1, 0.15) is 5.84 Å². The molecule has 0 fully saturated rings. The Morgan fingerprint density at radius 3 is 2.65 bits per heavy atom. The summed E-state index contributed by atoms with van der Waals surface area (Å²) in [5.74, 6) is 0.274. The minimum absolute atomic E-state index is 0.274. The van der Waals surface area contributed by atoms with Crippen LogP contribution in [0.25, 0.3) is 0 Å². The maximum absolute atomic E-state index is 8.57. The summed E-state index contributed by atoms with van der Waals surface area (Å²) in [5, 5.41) is 11.6. The normalized spacial score (nSPS) is 12.0. The summed E-state index contributed by atoms with van der Waals surface area (Å²) in [7, 11) is 1.70. The molecule has 0 saturated carbocycles. The molecule has 0 amide bonds. The number of nitrogens with zero attached hydrogens (tertiary/aromatic N) is 2. The maximum Gasteiger partial charge on any atom is 0.140 e. The number of amidine groups is 1. The van der Waals surface area contributed by atoms with Crippen molar-refractivity contribution in [1.29, 1.82) is 0 Å². The van der Waals surface area contributed by atoms with Gasteiger partial charge in [0.05, 0.1) is 6.61 Å². The predicted molar refractivity (Wildman–Crippen MR) is 81.1 cm³/mol. The van der Waals surface area contributed by atoms with Gasteiger partial charge in [0.25, 0.3) is 0 Å². The zero-order chi connectivity index (χ0) is 14.6. The molecular weight excluding hydrogens is 254 g/mol. The van der Waals surface area contributed by atoms with Gasteiger partial charge in [-0.2, -0.15) is 0 Å². The fraction of sp³-hybridized carbons (Fsp3) is 0.533. The Bertz CT molecular complexity index is 382. The van der Waals surface area contributed by atoms with Gasteiger partial charge >= 0.3 is 0 Å². The second-order valence-electron chi connectivity index (χ2n) is 4.76. The van der Waals surface area contributed by atoms with Crippen molar-refractivity contribution in [1.82, 2.24) is 4.90 Å². The zero-order valence-corrected chi connectivity index (χ0v) is 12.2. The van der Waals surface area contributed by atoms with Crippen molar-refractivity contribution in [3.05, 3.63) is 35.9 Å². The lowest BCUT2D eigenvalue weighted by atomic mass is 10.1. The van der Waals surface area contributed by atoms with Gasteiger partial charge < -0.3 is 20.6 Å². The van der Waals surface area contributed by atoms with Gasteiger partial charge in [-0.15, -0.1) is 0 Å². The van der Waals surface area contributed by atoms with Crippen molar-refractivity contribution in [2.45, 2.75) is 19.3 Å². The van der Waals surface area contributed by atoms with E-state index in [1.807, 2.05) is 6.07 Å². The van der Waals surface area contributed by atoms with Gasteiger partial charge in [-0.05, 0) is 24.9 Å². The van der Waals surface area contributed by atoms with E-state index in [9.17, 15) is 0 Å². The smallest absolute Gasteiger partial charge is 0.140 e. The van der Waals surface area contributed by atoms with Gasteiger partial charge in [-0.1, -0.05) is 35.5 Å². The van der Waals surface area contributed by atoms with E-state index < -0.39 is 0 Å². The number of ether oxygens (including phenoxy) is 1. The summed E-state index contributed by atoms with van der Waals surface area (Å²) < 4.78 is 5.12. The van der Waals surface area contributed by atoms with Crippen molar-refractivity contribution in [3.8, 4) is 0 Å². The maximum atomic E-state index is 8.57. The third kappa shape index (κ3) is 7.11. The van der Waals surface area contributed by atoms with Crippen LogP contribution in [0.5, 0.6) is 0 Å². The van der Waals surface area contributed by atoms with Crippen LogP contribution in [-0.2, 0) is 11.2 Å². The molecule has 0 radical (unpaired) electrons. The highest BCUT2D eigenvalue weighted by atomic mass is 16.5. The Morgan fingerprint density at radius 1 is 1.25 bits per heavy atom. The number of oxime groups is 1. The summed E-state index contributed by atoms with van der Waals surface area (Å²) in [5.41, 5.74) is 6.87. The van der Waals surface area contributed by atoms with E-state index in [4.69, 9.17) is 15.7 Å². The van der Waals surface area contributed by atoms with Crippen molar-refractivity contribution in [2.24, 2.45) is 10.9 Å². The molecule has 5 nitrogen and oxygen atoms in total. The highest BCUT2D eigenvalue weighted by Gasteiger charge is 2.06. The molecule has 0 aliphatic carbocycles. The first-order valence-corrected chi connectivity index (χ1v) is 6.98. The summed E-state index contributed by atoms with van der Waals surface area (Å²) >= 11 is 0. The summed E-state index contributed by atoms with van der Waals surface area (Å²) in [6.45, 7) is 3.33. The lowest BCUT2D eigenvalue weighted by Gasteiger charge is -2.21. The third-order valence-corrected chi connectivity index (χ3v) is 3.21. The van der Waals surface area contributed by atoms with Crippen LogP contribution in [0.3, 0.4) is 0 Å². The molecule has 0 aliphatic heterocycles. The molecule has 0 atom stereocenters. The molecule has 20 heavy (non-hydrogen) atoms. The number of nitrogens with two attached hydrogens (primary N) is 1. The van der Waals surface area contributed by atoms with E-state index in [-0.39, 0.29) is 5.84 Å². The Hall–Kier alpha value is -1.59. The zero-order valence-electron chi connectivity index (χ0n) is 12.2. The van der Waals surface area contributed by atoms with Crippen LogP contribution >= 0.6 is 0 Å². The van der Waals surface area contributed by atoms with E-state index in [0.717, 1.165) is 32.5 Å². The molecule has 0 aliphatic rings. The molecule has 112 valence electrons. The summed E-state index contributed by atoms with van der Waals surface area (Å²) in [6, 6.07) is 10.5. The van der Waals surface area contributed by atoms with E-state index in [0.29, 0.717) is 13.0 Å². The lowest BCUT2D eigenvalue weighted by molar-refractivity contribution is 0.148. The topological polar surface area (TPSA) is 71.1 Å². The minimum Gasteiger partial charge on any atom is -0.409 e. The Labute approximate surface area is 121 Å². The first kappa shape index (κ1) is 16.5. The average Bonchev–Trinajstić information content (AvgIpc) is 2.50. The number of hydrogen-bond acceptors (Lipinski definition) is 4. The van der Waals surface area contributed by atoms with Crippen LogP contribution in [0.1, 0.15) is 18.4 Å². The first-order chi connectivity index (χ1) is 9.76.